The molecule has 0 atom stereocenters. The smallest absolute Gasteiger partial charge is 0.335 e. The van der Waals surface area contributed by atoms with Crippen LogP contribution in [0, 0.1) is 0 Å². The number of nitrogens with zero attached hydrogens (tertiary/aromatic N) is 5. The third-order valence-corrected chi connectivity index (χ3v) is 4.85. The zero-order chi connectivity index (χ0) is 20.8. The maximum Gasteiger partial charge on any atom is 0.335 e. The van der Waals surface area contributed by atoms with Crippen molar-refractivity contribution in [3.8, 4) is 0 Å². The fraction of sp³-hybridized carbons (Fsp3) is 0.174. The van der Waals surface area contributed by atoms with Gasteiger partial charge in [0.2, 0.25) is 0 Å². The monoisotopic (exact) mass is 399 g/mol. The molecule has 0 unspecified atom stereocenters. The summed E-state index contributed by atoms with van der Waals surface area (Å²) >= 11 is 0. The van der Waals surface area contributed by atoms with Crippen LogP contribution in [0.15, 0.2) is 93.3 Å². The third-order valence-electron chi connectivity index (χ3n) is 4.85. The van der Waals surface area contributed by atoms with Crippen LogP contribution in [0.1, 0.15) is 23.2 Å². The lowest BCUT2D eigenvalue weighted by molar-refractivity contribution is 0.0697. The van der Waals surface area contributed by atoms with Crippen LogP contribution < -0.4 is 4.90 Å². The Morgan fingerprint density at radius 2 is 1.00 bits per heavy atom. The Morgan fingerprint density at radius 3 is 1.40 bits per heavy atom. The first-order valence-corrected chi connectivity index (χ1v) is 9.79. The molecule has 0 saturated carbocycles. The van der Waals surface area contributed by atoms with Gasteiger partial charge >= 0.3 is 5.97 Å². The molecule has 1 heterocycles. The molecule has 7 heteroatoms. The predicted molar refractivity (Wildman–Crippen MR) is 116 cm³/mol. The van der Waals surface area contributed by atoms with Gasteiger partial charge in [0, 0.05) is 18.8 Å². The molecule has 0 aliphatic carbocycles. The summed E-state index contributed by atoms with van der Waals surface area (Å²) in [7, 11) is 0. The van der Waals surface area contributed by atoms with Crippen LogP contribution in [0.2, 0.25) is 0 Å². The molecule has 0 radical (unpaired) electrons. The van der Waals surface area contributed by atoms with E-state index >= 15 is 0 Å². The van der Waals surface area contributed by atoms with Gasteiger partial charge in [-0.2, -0.15) is 20.5 Å². The van der Waals surface area contributed by atoms with Gasteiger partial charge in [-0.25, -0.2) is 4.79 Å². The number of hydrogen-bond acceptors (Lipinski definition) is 6. The molecular weight excluding hydrogens is 378 g/mol. The number of azo groups is 2. The average Bonchev–Trinajstić information content (AvgIpc) is 3.33. The second kappa shape index (κ2) is 9.09. The lowest BCUT2D eigenvalue weighted by Gasteiger charge is -2.17. The van der Waals surface area contributed by atoms with Crippen molar-refractivity contribution in [3.63, 3.8) is 0 Å². The Kier molecular flexibility index (Phi) is 5.89. The molecule has 0 bridgehead atoms. The molecule has 1 aliphatic rings. The Hall–Kier alpha value is -3.87. The van der Waals surface area contributed by atoms with Crippen molar-refractivity contribution in [2.45, 2.75) is 12.8 Å². The van der Waals surface area contributed by atoms with E-state index in [2.05, 4.69) is 37.5 Å². The van der Waals surface area contributed by atoms with Gasteiger partial charge in [-0.15, -0.1) is 0 Å². The molecule has 1 aliphatic heterocycles. The molecular formula is C23H21N5O2. The van der Waals surface area contributed by atoms with Gasteiger partial charge in [0.25, 0.3) is 0 Å². The van der Waals surface area contributed by atoms with Crippen molar-refractivity contribution < 1.29 is 9.90 Å². The van der Waals surface area contributed by atoms with Gasteiger partial charge in [0.1, 0.15) is 0 Å². The van der Waals surface area contributed by atoms with Crippen LogP contribution in [0.4, 0.5) is 28.4 Å². The topological polar surface area (TPSA) is 90.0 Å². The van der Waals surface area contributed by atoms with E-state index in [-0.39, 0.29) is 5.56 Å². The van der Waals surface area contributed by atoms with Gasteiger partial charge in [0.15, 0.2) is 0 Å². The van der Waals surface area contributed by atoms with Gasteiger partial charge < -0.3 is 10.0 Å². The van der Waals surface area contributed by atoms with Crippen molar-refractivity contribution in [1.82, 2.24) is 0 Å². The summed E-state index contributed by atoms with van der Waals surface area (Å²) in [6.45, 7) is 2.25. The average molecular weight is 399 g/mol. The highest BCUT2D eigenvalue weighted by atomic mass is 16.4. The molecule has 3 aromatic carbocycles. The minimum absolute atomic E-state index is 0.217. The van der Waals surface area contributed by atoms with Crippen molar-refractivity contribution in [1.29, 1.82) is 0 Å². The minimum atomic E-state index is -0.967. The first kappa shape index (κ1) is 19.4. The molecule has 3 aromatic rings. The molecule has 30 heavy (non-hydrogen) atoms. The predicted octanol–water partition coefficient (Wildman–Crippen LogP) is 6.82. The third kappa shape index (κ3) is 4.94. The number of hydrogen-bond donors (Lipinski definition) is 1. The summed E-state index contributed by atoms with van der Waals surface area (Å²) in [6, 6.07) is 21.6. The Balaban J connectivity index is 1.36. The van der Waals surface area contributed by atoms with Crippen molar-refractivity contribution in [2.75, 3.05) is 18.0 Å². The van der Waals surface area contributed by atoms with Crippen LogP contribution >= 0.6 is 0 Å². The van der Waals surface area contributed by atoms with E-state index in [1.54, 1.807) is 24.3 Å². The number of carbonyl (C=O) groups is 1. The number of carboxylic acid groups (broad SMARTS) is 1. The Labute approximate surface area is 174 Å². The van der Waals surface area contributed by atoms with Crippen LogP contribution in [0.25, 0.3) is 0 Å². The van der Waals surface area contributed by atoms with E-state index in [1.165, 1.54) is 30.7 Å². The second-order valence-electron chi connectivity index (χ2n) is 6.98. The van der Waals surface area contributed by atoms with E-state index in [9.17, 15) is 4.79 Å². The largest absolute Gasteiger partial charge is 0.478 e. The maximum atomic E-state index is 10.9. The van der Waals surface area contributed by atoms with E-state index in [0.717, 1.165) is 24.5 Å². The summed E-state index contributed by atoms with van der Waals surface area (Å²) in [5, 5.41) is 25.8. The van der Waals surface area contributed by atoms with Crippen molar-refractivity contribution >= 4 is 34.4 Å². The van der Waals surface area contributed by atoms with Crippen LogP contribution in [-0.4, -0.2) is 24.2 Å². The summed E-state index contributed by atoms with van der Waals surface area (Å²) in [5.74, 6) is -0.967. The summed E-state index contributed by atoms with van der Waals surface area (Å²) in [6.07, 6.45) is 2.52. The first-order chi connectivity index (χ1) is 14.7. The highest BCUT2D eigenvalue weighted by Gasteiger charge is 2.11. The summed E-state index contributed by atoms with van der Waals surface area (Å²) < 4.78 is 0. The number of anilines is 1. The summed E-state index contributed by atoms with van der Waals surface area (Å²) in [5.41, 5.74) is 4.25. The van der Waals surface area contributed by atoms with Crippen LogP contribution in [0.5, 0.6) is 0 Å². The normalized spacial score (nSPS) is 14.1. The minimum Gasteiger partial charge on any atom is -0.478 e. The SMILES string of the molecule is O=C(O)c1ccc(N=Nc2ccc(N=Nc3ccc(N4CCCC4)cc3)cc2)cc1. The van der Waals surface area contributed by atoms with Gasteiger partial charge in [-0.3, -0.25) is 0 Å². The Morgan fingerprint density at radius 1 is 0.633 bits per heavy atom. The fourth-order valence-electron chi connectivity index (χ4n) is 3.19. The lowest BCUT2D eigenvalue weighted by atomic mass is 10.2. The van der Waals surface area contributed by atoms with Crippen molar-refractivity contribution in [2.24, 2.45) is 20.5 Å². The summed E-state index contributed by atoms with van der Waals surface area (Å²) in [4.78, 5) is 13.2. The number of carboxylic acids is 1. The zero-order valence-electron chi connectivity index (χ0n) is 16.3. The van der Waals surface area contributed by atoms with Gasteiger partial charge in [-0.05, 0) is 85.6 Å². The molecule has 150 valence electrons. The molecule has 1 saturated heterocycles. The lowest BCUT2D eigenvalue weighted by Crippen LogP contribution is -2.17. The Bertz CT molecular complexity index is 1050. The molecule has 0 spiro atoms. The molecule has 1 fully saturated rings. The van der Waals surface area contributed by atoms with Crippen LogP contribution in [0.3, 0.4) is 0 Å². The highest BCUT2D eigenvalue weighted by molar-refractivity contribution is 5.87. The van der Waals surface area contributed by atoms with Crippen molar-refractivity contribution in [3.05, 3.63) is 78.4 Å². The quantitative estimate of drug-likeness (QED) is 0.461. The van der Waals surface area contributed by atoms with E-state index in [0.29, 0.717) is 11.4 Å². The first-order valence-electron chi connectivity index (χ1n) is 9.79. The number of aromatic carboxylic acids is 1. The standard InChI is InChI=1S/C23H21N5O2/c29-23(30)17-3-5-18(6-4-17)24-25-19-7-9-20(10-8-19)26-27-21-11-13-22(14-12-21)28-15-1-2-16-28/h3-14H,1-2,15-16H2,(H,29,30). The van der Waals surface area contributed by atoms with Gasteiger partial charge in [-0.1, -0.05) is 0 Å². The number of benzene rings is 3. The second-order valence-corrected chi connectivity index (χ2v) is 6.98. The fourth-order valence-corrected chi connectivity index (χ4v) is 3.19. The number of rotatable bonds is 6. The van der Waals surface area contributed by atoms with E-state index in [4.69, 9.17) is 5.11 Å². The molecule has 0 aromatic heterocycles. The maximum absolute atomic E-state index is 10.9. The van der Waals surface area contributed by atoms with E-state index < -0.39 is 5.97 Å². The van der Waals surface area contributed by atoms with Crippen LogP contribution in [-0.2, 0) is 0 Å². The van der Waals surface area contributed by atoms with E-state index in [1.807, 2.05) is 24.3 Å². The highest BCUT2D eigenvalue weighted by Crippen LogP contribution is 2.26. The zero-order valence-corrected chi connectivity index (χ0v) is 16.3. The molecule has 1 N–H and O–H groups in total. The molecule has 7 nitrogen and oxygen atoms in total. The van der Waals surface area contributed by atoms with Gasteiger partial charge in [0.05, 0.1) is 28.3 Å². The molecule has 4 rings (SSSR count). The molecule has 0 amide bonds.